The number of benzene rings is 3. The molecule has 1 saturated heterocycles. The fraction of sp³-hybridized carbons (Fsp3) is 0.556. The summed E-state index contributed by atoms with van der Waals surface area (Å²) in [6, 6.07) is 18.0. The Kier molecular flexibility index (Phi) is 16.0. The van der Waals surface area contributed by atoms with Gasteiger partial charge in [0.25, 0.3) is 8.32 Å². The molecule has 1 fully saturated rings. The van der Waals surface area contributed by atoms with Crippen molar-refractivity contribution >= 4 is 45.2 Å². The van der Waals surface area contributed by atoms with Crippen LogP contribution in [0.3, 0.4) is 0 Å². The zero-order valence-electron chi connectivity index (χ0n) is 36.4. The lowest BCUT2D eigenvalue weighted by atomic mass is 10.0. The van der Waals surface area contributed by atoms with Gasteiger partial charge in [-0.3, -0.25) is 9.69 Å². The van der Waals surface area contributed by atoms with Gasteiger partial charge in [-0.05, 0) is 66.5 Å². The molecule has 1 atom stereocenters. The van der Waals surface area contributed by atoms with Crippen LogP contribution in [-0.4, -0.2) is 89.5 Å². The summed E-state index contributed by atoms with van der Waals surface area (Å²) < 4.78 is 47.4. The largest absolute Gasteiger partial charge is 0.543 e. The molecule has 0 N–H and O–H groups in total. The molecule has 2 amide bonds. The lowest BCUT2D eigenvalue weighted by molar-refractivity contribution is -0.137. The summed E-state index contributed by atoms with van der Waals surface area (Å²) in [5.74, 6) is 0.621. The van der Waals surface area contributed by atoms with Crippen LogP contribution in [0.15, 0.2) is 60.7 Å². The molecular weight excluding hydrogens is 756 g/mol. The van der Waals surface area contributed by atoms with Crippen LogP contribution in [0.2, 0.25) is 42.3 Å². The summed E-state index contributed by atoms with van der Waals surface area (Å²) in [7, 11) is -3.63. The second-order valence-electron chi connectivity index (χ2n) is 18.4. The van der Waals surface area contributed by atoms with Gasteiger partial charge in [-0.2, -0.15) is 0 Å². The van der Waals surface area contributed by atoms with E-state index in [1.807, 2.05) is 42.5 Å². The molecule has 0 aromatic heterocycles. The first-order valence-corrected chi connectivity index (χ1v) is 26.3. The van der Waals surface area contributed by atoms with Gasteiger partial charge in [0, 0.05) is 31.7 Å². The SMILES string of the molecule is CC(C)[Si](Oc1cc(OCc2ccccc2)c2c(/C=C/CO[C@@H]3CN(COCC[Si](C)(C)C)C(=O)CN(C(=O)OC(C)(C)C)C3)c(F)ccc2c1)(C(C)C)C(C)C. The van der Waals surface area contributed by atoms with Gasteiger partial charge >= 0.3 is 6.09 Å². The Bertz CT molecular complexity index is 1800. The third kappa shape index (κ3) is 12.9. The molecule has 1 aliphatic heterocycles. The van der Waals surface area contributed by atoms with Crippen LogP contribution in [-0.2, 0) is 25.6 Å². The number of nitrogens with zero attached hydrogens (tertiary/aromatic N) is 2. The van der Waals surface area contributed by atoms with Crippen molar-refractivity contribution in [3.05, 3.63) is 77.6 Å². The van der Waals surface area contributed by atoms with Gasteiger partial charge in [0.2, 0.25) is 5.91 Å². The van der Waals surface area contributed by atoms with Gasteiger partial charge in [-0.15, -0.1) is 0 Å². The number of hydrogen-bond acceptors (Lipinski definition) is 7. The Balaban J connectivity index is 1.64. The Hall–Kier alpha value is -3.72. The molecule has 1 heterocycles. The van der Waals surface area contributed by atoms with Gasteiger partial charge in [0.05, 0.1) is 25.8 Å². The van der Waals surface area contributed by atoms with Crippen molar-refractivity contribution in [2.75, 3.05) is 39.6 Å². The van der Waals surface area contributed by atoms with E-state index in [1.165, 1.54) is 11.0 Å². The van der Waals surface area contributed by atoms with Gasteiger partial charge in [-0.25, -0.2) is 9.18 Å². The monoisotopic (exact) mass is 822 g/mol. The third-order valence-corrected chi connectivity index (χ3v) is 18.1. The zero-order chi connectivity index (χ0) is 42.1. The highest BCUT2D eigenvalue weighted by atomic mass is 28.4. The normalized spacial score (nSPS) is 16.0. The average Bonchev–Trinajstić information content (AvgIpc) is 3.27. The van der Waals surface area contributed by atoms with Crippen LogP contribution in [0.4, 0.5) is 9.18 Å². The lowest BCUT2D eigenvalue weighted by Crippen LogP contribution is -2.50. The van der Waals surface area contributed by atoms with Crippen LogP contribution in [0.1, 0.15) is 73.4 Å². The molecule has 0 aliphatic carbocycles. The van der Waals surface area contributed by atoms with Crippen LogP contribution in [0.5, 0.6) is 11.5 Å². The van der Waals surface area contributed by atoms with Crippen molar-refractivity contribution in [1.29, 1.82) is 0 Å². The zero-order valence-corrected chi connectivity index (χ0v) is 38.4. The second-order valence-corrected chi connectivity index (χ2v) is 29.4. The van der Waals surface area contributed by atoms with Gasteiger partial charge in [0.1, 0.15) is 42.8 Å². The number of fused-ring (bicyclic) bond motifs is 1. The average molecular weight is 823 g/mol. The van der Waals surface area contributed by atoms with Crippen molar-refractivity contribution in [2.24, 2.45) is 0 Å². The molecule has 0 bridgehead atoms. The molecule has 0 unspecified atom stereocenters. The van der Waals surface area contributed by atoms with Crippen LogP contribution in [0.25, 0.3) is 16.8 Å². The van der Waals surface area contributed by atoms with E-state index in [1.54, 1.807) is 43.9 Å². The van der Waals surface area contributed by atoms with E-state index >= 15 is 4.39 Å². The molecular formula is C45H67FN2O7Si2. The molecule has 0 saturated carbocycles. The Morgan fingerprint density at radius 2 is 1.61 bits per heavy atom. The number of halogens is 1. The van der Waals surface area contributed by atoms with Crippen LogP contribution < -0.4 is 9.16 Å². The highest BCUT2D eigenvalue weighted by Gasteiger charge is 2.47. The fourth-order valence-electron chi connectivity index (χ4n) is 7.62. The van der Waals surface area contributed by atoms with Crippen LogP contribution >= 0.6 is 0 Å². The number of amides is 2. The van der Waals surface area contributed by atoms with Gasteiger partial charge < -0.3 is 28.3 Å². The molecule has 314 valence electrons. The first kappa shape index (κ1) is 46.0. The number of carbonyl (C=O) groups is 2. The van der Waals surface area contributed by atoms with Crippen molar-refractivity contribution in [3.8, 4) is 11.5 Å². The molecule has 9 nitrogen and oxygen atoms in total. The second kappa shape index (κ2) is 19.8. The number of ether oxygens (including phenoxy) is 4. The van der Waals surface area contributed by atoms with Crippen LogP contribution in [0, 0.1) is 5.82 Å². The molecule has 0 radical (unpaired) electrons. The Labute approximate surface area is 343 Å². The van der Waals surface area contributed by atoms with Crippen molar-refractivity contribution < 1.29 is 37.4 Å². The van der Waals surface area contributed by atoms with E-state index in [2.05, 4.69) is 61.2 Å². The van der Waals surface area contributed by atoms with Gasteiger partial charge in [-0.1, -0.05) is 110 Å². The van der Waals surface area contributed by atoms with E-state index in [0.717, 1.165) is 22.7 Å². The fourth-order valence-corrected chi connectivity index (χ4v) is 13.6. The minimum atomic E-state index is -2.31. The van der Waals surface area contributed by atoms with Crippen molar-refractivity contribution in [2.45, 2.75) is 123 Å². The minimum Gasteiger partial charge on any atom is -0.543 e. The molecule has 3 aromatic rings. The lowest BCUT2D eigenvalue weighted by Gasteiger charge is -2.42. The number of rotatable bonds is 17. The number of hydrogen-bond donors (Lipinski definition) is 0. The van der Waals surface area contributed by atoms with Crippen molar-refractivity contribution in [1.82, 2.24) is 9.80 Å². The summed E-state index contributed by atoms with van der Waals surface area (Å²) in [5.41, 5.74) is 1.73. The van der Waals surface area contributed by atoms with E-state index < -0.39 is 40.0 Å². The maximum atomic E-state index is 15.9. The highest BCUT2D eigenvalue weighted by molar-refractivity contribution is 6.78. The molecule has 3 aromatic carbocycles. The standard InChI is InChI=1S/C45H67FN2O7Si2/c1-32(2)57(33(3)4,34(5)6)55-37-25-36-20-21-40(46)39(43(36)41(26-37)53-30-35-17-14-13-15-18-35)19-16-22-52-38-27-47(44(50)54-45(7,8)9)29-42(49)48(28-38)31-51-23-24-56(10,11)12/h13-21,25-26,32-34,38H,22-24,27-31H2,1-12H3/b19-16+/t38-/m0/s1. The van der Waals surface area contributed by atoms with E-state index in [-0.39, 0.29) is 38.9 Å². The smallest absolute Gasteiger partial charge is 0.410 e. The maximum Gasteiger partial charge on any atom is 0.410 e. The molecule has 57 heavy (non-hydrogen) atoms. The Morgan fingerprint density at radius 1 is 0.947 bits per heavy atom. The quantitative estimate of drug-likeness (QED) is 0.0990. The summed E-state index contributed by atoms with van der Waals surface area (Å²) in [6.45, 7) is 27.0. The minimum absolute atomic E-state index is 0.105. The predicted molar refractivity (Wildman–Crippen MR) is 234 cm³/mol. The molecule has 12 heteroatoms. The summed E-state index contributed by atoms with van der Waals surface area (Å²) in [5, 5.41) is 1.44. The predicted octanol–water partition coefficient (Wildman–Crippen LogP) is 10.9. The molecule has 0 spiro atoms. The maximum absolute atomic E-state index is 15.9. The highest BCUT2D eigenvalue weighted by Crippen LogP contribution is 2.45. The van der Waals surface area contributed by atoms with E-state index in [9.17, 15) is 9.59 Å². The van der Waals surface area contributed by atoms with E-state index in [4.69, 9.17) is 23.4 Å². The van der Waals surface area contributed by atoms with Crippen molar-refractivity contribution in [3.63, 3.8) is 0 Å². The third-order valence-electron chi connectivity index (χ3n) is 10.4. The summed E-state index contributed by atoms with van der Waals surface area (Å²) in [4.78, 5) is 29.5. The molecule has 1 aliphatic rings. The number of carbonyl (C=O) groups excluding carboxylic acids is 2. The van der Waals surface area contributed by atoms with E-state index in [0.29, 0.717) is 46.5 Å². The van der Waals surface area contributed by atoms with Gasteiger partial charge in [0.15, 0.2) is 0 Å². The topological polar surface area (TPSA) is 86.8 Å². The Morgan fingerprint density at radius 3 is 2.23 bits per heavy atom. The first-order valence-electron chi connectivity index (χ1n) is 20.4. The molecule has 4 rings (SSSR count). The first-order chi connectivity index (χ1) is 26.7. The summed E-state index contributed by atoms with van der Waals surface area (Å²) >= 11 is 0. The summed E-state index contributed by atoms with van der Waals surface area (Å²) in [6.07, 6.45) is 2.36.